The van der Waals surface area contributed by atoms with Crippen LogP contribution in [0.4, 0.5) is 5.13 Å². The fourth-order valence-electron chi connectivity index (χ4n) is 0.797. The molecule has 1 aromatic rings. The van der Waals surface area contributed by atoms with E-state index in [1.165, 1.54) is 11.3 Å². The summed E-state index contributed by atoms with van der Waals surface area (Å²) in [5.74, 6) is 0. The van der Waals surface area contributed by atoms with Gasteiger partial charge in [-0.25, -0.2) is 4.98 Å². The van der Waals surface area contributed by atoms with Crippen molar-refractivity contribution in [3.8, 4) is 0 Å². The van der Waals surface area contributed by atoms with E-state index in [0.717, 1.165) is 10.6 Å². The lowest BCUT2D eigenvalue weighted by atomic mass is 10.3. The van der Waals surface area contributed by atoms with Crippen molar-refractivity contribution in [1.82, 2.24) is 4.98 Å². The topological polar surface area (TPSA) is 38.9 Å². The van der Waals surface area contributed by atoms with Crippen LogP contribution in [0.2, 0.25) is 0 Å². The number of aromatic nitrogens is 1. The first-order valence-corrected chi connectivity index (χ1v) is 5.12. The van der Waals surface area contributed by atoms with E-state index in [1.54, 1.807) is 0 Å². The summed E-state index contributed by atoms with van der Waals surface area (Å²) >= 11 is 18.2. The maximum absolute atomic E-state index is 5.62. The highest BCUT2D eigenvalue weighted by Crippen LogP contribution is 2.34. The smallest absolute Gasteiger partial charge is 0.195 e. The second-order valence-electron chi connectivity index (χ2n) is 2.35. The number of anilines is 1. The highest BCUT2D eigenvalue weighted by atomic mass is 35.6. The van der Waals surface area contributed by atoms with Crippen molar-refractivity contribution in [1.29, 1.82) is 0 Å². The predicted octanol–water partition coefficient (Wildman–Crippen LogP) is 2.95. The van der Waals surface area contributed by atoms with E-state index >= 15 is 0 Å². The number of hydrogen-bond acceptors (Lipinski definition) is 3. The molecule has 0 saturated carbocycles. The molecule has 0 aliphatic heterocycles. The Labute approximate surface area is 89.6 Å². The average molecular weight is 246 g/mol. The molecule has 0 aromatic carbocycles. The SMILES string of the molecule is Cc1nc(N)sc1CC(Cl)(Cl)Cl. The van der Waals surface area contributed by atoms with Gasteiger partial charge in [0.05, 0.1) is 5.69 Å². The Bertz CT molecular complexity index is 279. The monoisotopic (exact) mass is 244 g/mol. The van der Waals surface area contributed by atoms with Crippen LogP contribution in [0.3, 0.4) is 0 Å². The number of nitrogens with zero attached hydrogens (tertiary/aromatic N) is 1. The van der Waals surface area contributed by atoms with Crippen molar-refractivity contribution in [3.63, 3.8) is 0 Å². The van der Waals surface area contributed by atoms with Gasteiger partial charge in [0.25, 0.3) is 0 Å². The van der Waals surface area contributed by atoms with Gasteiger partial charge in [-0.1, -0.05) is 34.8 Å². The number of thiazole rings is 1. The van der Waals surface area contributed by atoms with Crippen LogP contribution in [0.25, 0.3) is 0 Å². The summed E-state index contributed by atoms with van der Waals surface area (Å²) in [7, 11) is 0. The Morgan fingerprint density at radius 1 is 1.50 bits per heavy atom. The molecule has 0 amide bonds. The molecular formula is C6H7Cl3N2S. The normalized spacial score (nSPS) is 12.0. The lowest BCUT2D eigenvalue weighted by Crippen LogP contribution is -2.06. The fourth-order valence-corrected chi connectivity index (χ4v) is 2.35. The molecule has 0 aliphatic rings. The standard InChI is InChI=1S/C6H7Cl3N2S/c1-3-4(2-6(7,8)9)12-5(10)11-3/h2H2,1H3,(H2,10,11). The van der Waals surface area contributed by atoms with Crippen LogP contribution >= 0.6 is 46.1 Å². The van der Waals surface area contributed by atoms with Crippen LogP contribution in [0, 0.1) is 6.92 Å². The number of hydrogen-bond donors (Lipinski definition) is 1. The summed E-state index contributed by atoms with van der Waals surface area (Å²) in [6.07, 6.45) is 0.359. The van der Waals surface area contributed by atoms with Gasteiger partial charge < -0.3 is 5.73 Å². The molecule has 0 saturated heterocycles. The average Bonchev–Trinajstić information content (AvgIpc) is 2.06. The molecule has 1 aromatic heterocycles. The van der Waals surface area contributed by atoms with Gasteiger partial charge in [0.2, 0.25) is 0 Å². The molecule has 0 unspecified atom stereocenters. The van der Waals surface area contributed by atoms with E-state index in [0.29, 0.717) is 11.6 Å². The van der Waals surface area contributed by atoms with Crippen molar-refractivity contribution >= 4 is 51.3 Å². The molecular weight excluding hydrogens is 239 g/mol. The summed E-state index contributed by atoms with van der Waals surface area (Å²) in [6, 6.07) is 0. The van der Waals surface area contributed by atoms with Gasteiger partial charge in [-0.05, 0) is 6.92 Å². The minimum absolute atomic E-state index is 0.359. The largest absolute Gasteiger partial charge is 0.375 e. The second-order valence-corrected chi connectivity index (χ2v) is 5.98. The van der Waals surface area contributed by atoms with Gasteiger partial charge in [0.15, 0.2) is 8.92 Å². The Kier molecular flexibility index (Phi) is 3.10. The number of alkyl halides is 3. The van der Waals surface area contributed by atoms with Crippen LogP contribution in [-0.2, 0) is 6.42 Å². The highest BCUT2D eigenvalue weighted by Gasteiger charge is 2.22. The summed E-state index contributed by atoms with van der Waals surface area (Å²) in [5, 5.41) is 0.511. The minimum Gasteiger partial charge on any atom is -0.375 e. The molecule has 6 heteroatoms. The van der Waals surface area contributed by atoms with Gasteiger partial charge in [-0.15, -0.1) is 11.3 Å². The Balaban J connectivity index is 2.82. The van der Waals surface area contributed by atoms with E-state index in [2.05, 4.69) is 4.98 Å². The van der Waals surface area contributed by atoms with Gasteiger partial charge in [0, 0.05) is 11.3 Å². The summed E-state index contributed by atoms with van der Waals surface area (Å²) in [6.45, 7) is 1.85. The van der Waals surface area contributed by atoms with Crippen LogP contribution < -0.4 is 5.73 Å². The summed E-state index contributed by atoms with van der Waals surface area (Å²) in [4.78, 5) is 4.94. The van der Waals surface area contributed by atoms with Gasteiger partial charge in [-0.2, -0.15) is 0 Å². The van der Waals surface area contributed by atoms with E-state index in [9.17, 15) is 0 Å². The van der Waals surface area contributed by atoms with Crippen molar-refractivity contribution in [3.05, 3.63) is 10.6 Å². The first kappa shape index (κ1) is 10.4. The molecule has 2 N–H and O–H groups in total. The maximum Gasteiger partial charge on any atom is 0.195 e. The van der Waals surface area contributed by atoms with E-state index in [-0.39, 0.29) is 0 Å². The summed E-state index contributed by atoms with van der Waals surface area (Å²) < 4.78 is -1.26. The third kappa shape index (κ3) is 2.98. The van der Waals surface area contributed by atoms with E-state index in [4.69, 9.17) is 40.5 Å². The van der Waals surface area contributed by atoms with Gasteiger partial charge in [0.1, 0.15) is 0 Å². The van der Waals surface area contributed by atoms with E-state index in [1.807, 2.05) is 6.92 Å². The Morgan fingerprint density at radius 2 is 2.08 bits per heavy atom. The Hall–Kier alpha value is 0.300. The lowest BCUT2D eigenvalue weighted by Gasteiger charge is -2.08. The molecule has 0 bridgehead atoms. The number of nitrogens with two attached hydrogens (primary N) is 1. The van der Waals surface area contributed by atoms with Gasteiger partial charge in [-0.3, -0.25) is 0 Å². The number of aryl methyl sites for hydroxylation is 1. The van der Waals surface area contributed by atoms with Crippen LogP contribution in [-0.4, -0.2) is 8.78 Å². The Morgan fingerprint density at radius 3 is 2.42 bits per heavy atom. The predicted molar refractivity (Wildman–Crippen MR) is 55.3 cm³/mol. The summed E-state index contributed by atoms with van der Waals surface area (Å²) in [5.41, 5.74) is 6.31. The zero-order valence-corrected chi connectivity index (χ0v) is 9.36. The molecule has 0 aliphatic carbocycles. The van der Waals surface area contributed by atoms with Crippen molar-refractivity contribution in [2.75, 3.05) is 5.73 Å². The van der Waals surface area contributed by atoms with Crippen LogP contribution in [0.1, 0.15) is 10.6 Å². The second kappa shape index (κ2) is 3.58. The maximum atomic E-state index is 5.62. The zero-order valence-electron chi connectivity index (χ0n) is 6.27. The molecule has 0 fully saturated rings. The molecule has 68 valence electrons. The van der Waals surface area contributed by atoms with Crippen molar-refractivity contribution in [2.24, 2.45) is 0 Å². The van der Waals surface area contributed by atoms with Crippen molar-refractivity contribution < 1.29 is 0 Å². The number of halogens is 3. The van der Waals surface area contributed by atoms with Crippen LogP contribution in [0.15, 0.2) is 0 Å². The third-order valence-corrected chi connectivity index (χ3v) is 2.66. The first-order valence-electron chi connectivity index (χ1n) is 3.17. The first-order chi connectivity index (χ1) is 5.38. The van der Waals surface area contributed by atoms with E-state index < -0.39 is 3.79 Å². The zero-order chi connectivity index (χ0) is 9.35. The fraction of sp³-hybridized carbons (Fsp3) is 0.500. The lowest BCUT2D eigenvalue weighted by molar-refractivity contribution is 1.02. The molecule has 0 radical (unpaired) electrons. The van der Waals surface area contributed by atoms with Crippen molar-refractivity contribution in [2.45, 2.75) is 17.1 Å². The molecule has 12 heavy (non-hydrogen) atoms. The number of nitrogen functional groups attached to an aromatic ring is 1. The molecule has 2 nitrogen and oxygen atoms in total. The van der Waals surface area contributed by atoms with Gasteiger partial charge >= 0.3 is 0 Å². The number of rotatable bonds is 1. The third-order valence-electron chi connectivity index (χ3n) is 1.27. The molecule has 0 spiro atoms. The molecule has 1 heterocycles. The minimum atomic E-state index is -1.26. The van der Waals surface area contributed by atoms with Crippen LogP contribution in [0.5, 0.6) is 0 Å². The quantitative estimate of drug-likeness (QED) is 0.773. The molecule has 1 rings (SSSR count). The molecule has 0 atom stereocenters. The highest BCUT2D eigenvalue weighted by molar-refractivity contribution is 7.15.